The standard InChI is InChI=1S/C18H14FNO4S/c19-15-2-1-3-16-17(15)18(22)20(25(16,23)24)10-11-4-6-12(7-5-11)13-8-14(21)9-13/h1-7,13H,8-10H2. The highest BCUT2D eigenvalue weighted by atomic mass is 32.2. The van der Waals surface area contributed by atoms with E-state index < -0.39 is 27.3 Å². The van der Waals surface area contributed by atoms with Crippen molar-refractivity contribution in [3.8, 4) is 0 Å². The predicted octanol–water partition coefficient (Wildman–Crippen LogP) is 2.62. The predicted molar refractivity (Wildman–Crippen MR) is 86.9 cm³/mol. The first-order chi connectivity index (χ1) is 11.9. The summed E-state index contributed by atoms with van der Waals surface area (Å²) in [6.45, 7) is -0.154. The third-order valence-electron chi connectivity index (χ3n) is 4.71. The first-order valence-corrected chi connectivity index (χ1v) is 9.28. The quantitative estimate of drug-likeness (QED) is 0.845. The van der Waals surface area contributed by atoms with Gasteiger partial charge in [0.2, 0.25) is 0 Å². The Hall–Kier alpha value is -2.54. The van der Waals surface area contributed by atoms with Crippen LogP contribution in [0.25, 0.3) is 0 Å². The molecule has 1 aliphatic heterocycles. The number of ketones is 1. The maximum Gasteiger partial charge on any atom is 0.272 e. The smallest absolute Gasteiger partial charge is 0.272 e. The van der Waals surface area contributed by atoms with Gasteiger partial charge in [-0.3, -0.25) is 9.59 Å². The highest BCUT2D eigenvalue weighted by Gasteiger charge is 2.43. The van der Waals surface area contributed by atoms with Gasteiger partial charge in [-0.1, -0.05) is 30.3 Å². The van der Waals surface area contributed by atoms with Gasteiger partial charge in [-0.2, -0.15) is 0 Å². The minimum atomic E-state index is -4.04. The van der Waals surface area contributed by atoms with Crippen LogP contribution >= 0.6 is 0 Å². The van der Waals surface area contributed by atoms with Crippen molar-refractivity contribution in [1.29, 1.82) is 0 Å². The molecule has 0 atom stereocenters. The molecular formula is C18H14FNO4S. The molecule has 25 heavy (non-hydrogen) atoms. The fraction of sp³-hybridized carbons (Fsp3) is 0.222. The van der Waals surface area contributed by atoms with Crippen LogP contribution in [0.1, 0.15) is 40.2 Å². The summed E-state index contributed by atoms with van der Waals surface area (Å²) in [5.74, 6) is -1.22. The van der Waals surface area contributed by atoms with Crippen LogP contribution in [0.3, 0.4) is 0 Å². The molecule has 0 N–H and O–H groups in total. The van der Waals surface area contributed by atoms with E-state index in [4.69, 9.17) is 0 Å². The number of halogens is 1. The van der Waals surface area contributed by atoms with Gasteiger partial charge < -0.3 is 0 Å². The molecule has 1 saturated carbocycles. The van der Waals surface area contributed by atoms with E-state index in [2.05, 4.69) is 0 Å². The maximum absolute atomic E-state index is 13.9. The van der Waals surface area contributed by atoms with Gasteiger partial charge in [0, 0.05) is 12.8 Å². The summed E-state index contributed by atoms with van der Waals surface area (Å²) in [7, 11) is -4.04. The highest BCUT2D eigenvalue weighted by molar-refractivity contribution is 7.90. The Morgan fingerprint density at radius 3 is 2.32 bits per heavy atom. The second-order valence-electron chi connectivity index (χ2n) is 6.32. The Labute approximate surface area is 144 Å². The van der Waals surface area contributed by atoms with Gasteiger partial charge in [0.1, 0.15) is 16.5 Å². The van der Waals surface area contributed by atoms with E-state index in [0.29, 0.717) is 22.7 Å². The summed E-state index contributed by atoms with van der Waals surface area (Å²) in [5, 5.41) is 0. The second kappa shape index (κ2) is 5.49. The molecule has 0 radical (unpaired) electrons. The second-order valence-corrected chi connectivity index (χ2v) is 8.15. The number of nitrogens with zero attached hydrogens (tertiary/aromatic N) is 1. The fourth-order valence-corrected chi connectivity index (χ4v) is 4.78. The highest BCUT2D eigenvalue weighted by Crippen LogP contribution is 2.35. The summed E-state index contributed by atoms with van der Waals surface area (Å²) in [6.07, 6.45) is 1.07. The molecule has 1 amide bonds. The van der Waals surface area contributed by atoms with Gasteiger partial charge in [0.15, 0.2) is 0 Å². The number of rotatable bonds is 3. The summed E-state index contributed by atoms with van der Waals surface area (Å²) in [4.78, 5) is 23.2. The zero-order valence-electron chi connectivity index (χ0n) is 13.1. The zero-order valence-corrected chi connectivity index (χ0v) is 13.9. The van der Waals surface area contributed by atoms with Crippen molar-refractivity contribution in [3.05, 3.63) is 65.0 Å². The molecule has 0 spiro atoms. The number of fused-ring (bicyclic) bond motifs is 1. The summed E-state index contributed by atoms with van der Waals surface area (Å²) >= 11 is 0. The van der Waals surface area contributed by atoms with E-state index in [1.54, 1.807) is 12.1 Å². The van der Waals surface area contributed by atoms with Gasteiger partial charge in [-0.15, -0.1) is 0 Å². The van der Waals surface area contributed by atoms with Crippen LogP contribution < -0.4 is 0 Å². The van der Waals surface area contributed by atoms with E-state index >= 15 is 0 Å². The SMILES string of the molecule is O=C1CC(c2ccc(CN3C(=O)c4c(F)cccc4S3(=O)=O)cc2)C1. The fourth-order valence-electron chi connectivity index (χ4n) is 3.22. The Kier molecular flexibility index (Phi) is 3.50. The normalized spacial score (nSPS) is 19.0. The maximum atomic E-state index is 13.9. The summed E-state index contributed by atoms with van der Waals surface area (Å²) in [5.41, 5.74) is 1.25. The van der Waals surface area contributed by atoms with Crippen LogP contribution in [-0.2, 0) is 21.4 Å². The molecule has 1 aliphatic carbocycles. The molecule has 0 bridgehead atoms. The molecule has 1 fully saturated rings. The van der Waals surface area contributed by atoms with E-state index in [1.165, 1.54) is 12.1 Å². The number of hydrogen-bond acceptors (Lipinski definition) is 4. The number of amides is 1. The third kappa shape index (κ3) is 2.46. The summed E-state index contributed by atoms with van der Waals surface area (Å²) in [6, 6.07) is 10.7. The molecule has 2 aromatic carbocycles. The lowest BCUT2D eigenvalue weighted by molar-refractivity contribution is -0.124. The zero-order chi connectivity index (χ0) is 17.8. The topological polar surface area (TPSA) is 71.5 Å². The Balaban J connectivity index is 1.60. The van der Waals surface area contributed by atoms with Crippen LogP contribution in [0.2, 0.25) is 0 Å². The van der Waals surface area contributed by atoms with Crippen molar-refractivity contribution in [2.75, 3.05) is 0 Å². The average Bonchev–Trinajstić information content (AvgIpc) is 2.75. The molecule has 2 aromatic rings. The van der Waals surface area contributed by atoms with Crippen molar-refractivity contribution in [3.63, 3.8) is 0 Å². The number of carbonyl (C=O) groups is 2. The first-order valence-electron chi connectivity index (χ1n) is 7.84. The van der Waals surface area contributed by atoms with Crippen LogP contribution in [0, 0.1) is 5.82 Å². The molecular weight excluding hydrogens is 345 g/mol. The van der Waals surface area contributed by atoms with E-state index in [-0.39, 0.29) is 23.1 Å². The number of carbonyl (C=O) groups excluding carboxylic acids is 2. The minimum Gasteiger partial charge on any atom is -0.300 e. The van der Waals surface area contributed by atoms with Crippen molar-refractivity contribution in [2.24, 2.45) is 0 Å². The van der Waals surface area contributed by atoms with Crippen LogP contribution in [0.5, 0.6) is 0 Å². The van der Waals surface area contributed by atoms with Crippen molar-refractivity contribution in [2.45, 2.75) is 30.2 Å². The number of hydrogen-bond donors (Lipinski definition) is 0. The lowest BCUT2D eigenvalue weighted by atomic mass is 9.79. The Morgan fingerprint density at radius 1 is 1.04 bits per heavy atom. The van der Waals surface area contributed by atoms with Crippen molar-refractivity contribution < 1.29 is 22.4 Å². The first kappa shape index (κ1) is 16.0. The van der Waals surface area contributed by atoms with Crippen LogP contribution in [-0.4, -0.2) is 24.4 Å². The lowest BCUT2D eigenvalue weighted by Gasteiger charge is -2.24. The third-order valence-corrected chi connectivity index (χ3v) is 6.48. The molecule has 0 saturated heterocycles. The Bertz CT molecular complexity index is 990. The van der Waals surface area contributed by atoms with Crippen molar-refractivity contribution >= 4 is 21.7 Å². The van der Waals surface area contributed by atoms with Crippen LogP contribution in [0.4, 0.5) is 4.39 Å². The van der Waals surface area contributed by atoms with Gasteiger partial charge in [0.05, 0.1) is 12.1 Å². The molecule has 0 unspecified atom stereocenters. The van der Waals surface area contributed by atoms with E-state index in [1.807, 2.05) is 12.1 Å². The lowest BCUT2D eigenvalue weighted by Crippen LogP contribution is -2.29. The molecule has 7 heteroatoms. The molecule has 128 valence electrons. The van der Waals surface area contributed by atoms with Gasteiger partial charge in [-0.25, -0.2) is 17.1 Å². The minimum absolute atomic E-state index is 0.154. The molecule has 0 aromatic heterocycles. The van der Waals surface area contributed by atoms with Gasteiger partial charge in [0.25, 0.3) is 15.9 Å². The molecule has 1 heterocycles. The van der Waals surface area contributed by atoms with E-state index in [0.717, 1.165) is 11.6 Å². The Morgan fingerprint density at radius 2 is 1.72 bits per heavy atom. The van der Waals surface area contributed by atoms with Gasteiger partial charge in [-0.05, 0) is 29.2 Å². The molecule has 4 rings (SSSR count). The monoisotopic (exact) mass is 359 g/mol. The number of benzene rings is 2. The largest absolute Gasteiger partial charge is 0.300 e. The van der Waals surface area contributed by atoms with Crippen molar-refractivity contribution in [1.82, 2.24) is 4.31 Å². The average molecular weight is 359 g/mol. The molecule has 5 nitrogen and oxygen atoms in total. The number of sulfonamides is 1. The molecule has 2 aliphatic rings. The van der Waals surface area contributed by atoms with Gasteiger partial charge >= 0.3 is 0 Å². The summed E-state index contributed by atoms with van der Waals surface area (Å²) < 4.78 is 39.6. The number of Topliss-reactive ketones (excluding diaryl/α,β-unsaturated/α-hetero) is 1. The van der Waals surface area contributed by atoms with E-state index in [9.17, 15) is 22.4 Å². The van der Waals surface area contributed by atoms with Crippen LogP contribution in [0.15, 0.2) is 47.4 Å².